The van der Waals surface area contributed by atoms with Gasteiger partial charge in [0.25, 0.3) is 0 Å². The van der Waals surface area contributed by atoms with Crippen LogP contribution in [0, 0.1) is 6.92 Å². The summed E-state index contributed by atoms with van der Waals surface area (Å²) < 4.78 is 33.8. The number of likely N-dealkylation sites (tertiary alicyclic amines) is 1. The zero-order valence-electron chi connectivity index (χ0n) is 17.3. The van der Waals surface area contributed by atoms with E-state index in [0.717, 1.165) is 5.56 Å². The Balaban J connectivity index is 1.44. The summed E-state index contributed by atoms with van der Waals surface area (Å²) in [4.78, 5) is 26.6. The predicted molar refractivity (Wildman–Crippen MR) is 115 cm³/mol. The molecule has 2 aromatic carbocycles. The number of ether oxygens (including phenoxy) is 1. The van der Waals surface area contributed by atoms with Crippen LogP contribution >= 0.6 is 0 Å². The molecule has 2 aliphatic heterocycles. The van der Waals surface area contributed by atoms with Crippen LogP contribution in [0.5, 0.6) is 0 Å². The van der Waals surface area contributed by atoms with Crippen LogP contribution in [0.3, 0.4) is 0 Å². The monoisotopic (exact) mass is 443 g/mol. The van der Waals surface area contributed by atoms with Gasteiger partial charge in [-0.3, -0.25) is 9.59 Å². The van der Waals surface area contributed by atoms with Crippen LogP contribution in [0.2, 0.25) is 0 Å². The first-order valence-electron chi connectivity index (χ1n) is 10.2. The minimum atomic E-state index is -3.73. The van der Waals surface area contributed by atoms with E-state index in [0.29, 0.717) is 25.1 Å². The maximum Gasteiger partial charge on any atom is 0.313 e. The summed E-state index contributed by atoms with van der Waals surface area (Å²) in [6, 6.07) is 15.5. The number of anilines is 1. The fourth-order valence-corrected chi connectivity index (χ4v) is 5.80. The van der Waals surface area contributed by atoms with Gasteiger partial charge in [0.1, 0.15) is 5.72 Å². The molecule has 9 heteroatoms. The van der Waals surface area contributed by atoms with Crippen LogP contribution in [0.1, 0.15) is 18.4 Å². The van der Waals surface area contributed by atoms with Gasteiger partial charge in [0.2, 0.25) is 10.0 Å². The lowest BCUT2D eigenvalue weighted by Crippen LogP contribution is -2.56. The number of hydrogen-bond donors (Lipinski definition) is 1. The number of piperidine rings is 1. The molecule has 1 spiro atoms. The number of carbonyl (C=O) groups excluding carboxylic acids is 2. The molecule has 0 aliphatic carbocycles. The minimum Gasteiger partial charge on any atom is -0.358 e. The third kappa shape index (κ3) is 4.21. The number of nitrogens with one attached hydrogen (secondary N) is 1. The smallest absolute Gasteiger partial charge is 0.313 e. The van der Waals surface area contributed by atoms with Gasteiger partial charge < -0.3 is 15.0 Å². The van der Waals surface area contributed by atoms with Crippen LogP contribution in [0.4, 0.5) is 5.69 Å². The molecule has 8 nitrogen and oxygen atoms in total. The SMILES string of the molecule is Cc1ccc(S(=O)(=O)N2CCOC23CCN(C(=O)C(=O)Nc2ccccc2)CC3)cc1. The van der Waals surface area contributed by atoms with Gasteiger partial charge in [-0.2, -0.15) is 4.31 Å². The van der Waals surface area contributed by atoms with Gasteiger partial charge in [-0.15, -0.1) is 0 Å². The van der Waals surface area contributed by atoms with Crippen LogP contribution < -0.4 is 5.32 Å². The van der Waals surface area contributed by atoms with E-state index in [4.69, 9.17) is 4.74 Å². The van der Waals surface area contributed by atoms with Crippen molar-refractivity contribution in [3.63, 3.8) is 0 Å². The van der Waals surface area contributed by atoms with E-state index >= 15 is 0 Å². The Morgan fingerprint density at radius 3 is 2.26 bits per heavy atom. The Kier molecular flexibility index (Phi) is 5.83. The van der Waals surface area contributed by atoms with Crippen LogP contribution in [-0.4, -0.2) is 61.4 Å². The molecule has 4 rings (SSSR count). The molecular weight excluding hydrogens is 418 g/mol. The summed E-state index contributed by atoms with van der Waals surface area (Å²) in [7, 11) is -3.73. The molecule has 0 atom stereocenters. The molecule has 2 fully saturated rings. The van der Waals surface area contributed by atoms with Crippen LogP contribution in [0.15, 0.2) is 59.5 Å². The van der Waals surface area contributed by atoms with Crippen molar-refractivity contribution < 1.29 is 22.7 Å². The molecule has 0 unspecified atom stereocenters. The van der Waals surface area contributed by atoms with Crippen LogP contribution in [-0.2, 0) is 24.3 Å². The Morgan fingerprint density at radius 1 is 0.968 bits per heavy atom. The third-order valence-electron chi connectivity index (χ3n) is 5.79. The highest BCUT2D eigenvalue weighted by atomic mass is 32.2. The predicted octanol–water partition coefficient (Wildman–Crippen LogP) is 1.97. The molecule has 164 valence electrons. The maximum atomic E-state index is 13.2. The van der Waals surface area contributed by atoms with E-state index in [1.165, 1.54) is 9.21 Å². The highest BCUT2D eigenvalue weighted by Gasteiger charge is 2.51. The van der Waals surface area contributed by atoms with Crippen molar-refractivity contribution in [3.05, 3.63) is 60.2 Å². The van der Waals surface area contributed by atoms with Crippen molar-refractivity contribution in [3.8, 4) is 0 Å². The number of para-hydroxylation sites is 1. The third-order valence-corrected chi connectivity index (χ3v) is 7.75. The molecule has 2 heterocycles. The number of amides is 2. The van der Waals surface area contributed by atoms with E-state index in [1.807, 2.05) is 13.0 Å². The molecule has 0 radical (unpaired) electrons. The fourth-order valence-electron chi connectivity index (χ4n) is 4.07. The van der Waals surface area contributed by atoms with Crippen molar-refractivity contribution in [2.45, 2.75) is 30.4 Å². The van der Waals surface area contributed by atoms with Crippen molar-refractivity contribution in [2.75, 3.05) is 31.6 Å². The highest BCUT2D eigenvalue weighted by Crippen LogP contribution is 2.38. The quantitative estimate of drug-likeness (QED) is 0.732. The van der Waals surface area contributed by atoms with Gasteiger partial charge in [0, 0.05) is 38.2 Å². The van der Waals surface area contributed by atoms with E-state index < -0.39 is 27.6 Å². The Bertz CT molecular complexity index is 1060. The zero-order chi connectivity index (χ0) is 22.1. The molecule has 2 aliphatic rings. The normalized spacial score (nSPS) is 18.8. The molecule has 2 saturated heterocycles. The summed E-state index contributed by atoms with van der Waals surface area (Å²) in [5.74, 6) is -1.34. The lowest BCUT2D eigenvalue weighted by molar-refractivity contribution is -0.148. The molecule has 0 bridgehead atoms. The van der Waals surface area contributed by atoms with Gasteiger partial charge in [0.15, 0.2) is 0 Å². The Morgan fingerprint density at radius 2 is 1.61 bits per heavy atom. The number of hydrogen-bond acceptors (Lipinski definition) is 5. The highest BCUT2D eigenvalue weighted by molar-refractivity contribution is 7.89. The first-order chi connectivity index (χ1) is 14.8. The summed E-state index contributed by atoms with van der Waals surface area (Å²) in [6.07, 6.45) is 0.616. The van der Waals surface area contributed by atoms with Crippen LogP contribution in [0.25, 0.3) is 0 Å². The average molecular weight is 444 g/mol. The zero-order valence-corrected chi connectivity index (χ0v) is 18.1. The molecule has 1 N–H and O–H groups in total. The largest absolute Gasteiger partial charge is 0.358 e. The van der Waals surface area contributed by atoms with Crippen molar-refractivity contribution in [1.29, 1.82) is 0 Å². The van der Waals surface area contributed by atoms with Gasteiger partial charge in [-0.25, -0.2) is 8.42 Å². The summed E-state index contributed by atoms with van der Waals surface area (Å²) >= 11 is 0. The molecule has 0 aromatic heterocycles. The summed E-state index contributed by atoms with van der Waals surface area (Å²) in [5.41, 5.74) is 0.534. The Labute approximate surface area is 181 Å². The van der Waals surface area contributed by atoms with Gasteiger partial charge in [0.05, 0.1) is 11.5 Å². The van der Waals surface area contributed by atoms with Gasteiger partial charge >= 0.3 is 11.8 Å². The lowest BCUT2D eigenvalue weighted by Gasteiger charge is -2.42. The lowest BCUT2D eigenvalue weighted by atomic mass is 10.0. The fraction of sp³-hybridized carbons (Fsp3) is 0.364. The second-order valence-electron chi connectivity index (χ2n) is 7.80. The standard InChI is InChI=1S/C22H25N3O5S/c1-17-7-9-19(10-8-17)31(28,29)25-15-16-30-22(25)11-13-24(14-12-22)21(27)20(26)23-18-5-3-2-4-6-18/h2-10H,11-16H2,1H3,(H,23,26). The molecule has 0 saturated carbocycles. The first kappa shape index (κ1) is 21.5. The molecule has 2 aromatic rings. The van der Waals surface area contributed by atoms with Crippen molar-refractivity contribution >= 4 is 27.5 Å². The average Bonchev–Trinajstić information content (AvgIpc) is 3.18. The topological polar surface area (TPSA) is 96.0 Å². The molecular formula is C22H25N3O5S. The van der Waals surface area contributed by atoms with E-state index in [2.05, 4.69) is 5.32 Å². The number of nitrogens with zero attached hydrogens (tertiary/aromatic N) is 2. The Hall–Kier alpha value is -2.75. The van der Waals surface area contributed by atoms with Gasteiger partial charge in [-0.05, 0) is 31.2 Å². The van der Waals surface area contributed by atoms with Crippen molar-refractivity contribution in [2.24, 2.45) is 0 Å². The van der Waals surface area contributed by atoms with Gasteiger partial charge in [-0.1, -0.05) is 35.9 Å². The van der Waals surface area contributed by atoms with E-state index in [-0.39, 0.29) is 24.5 Å². The summed E-state index contributed by atoms with van der Waals surface area (Å²) in [6.45, 7) is 2.94. The molecule has 2 amide bonds. The number of carbonyl (C=O) groups is 2. The van der Waals surface area contributed by atoms with E-state index in [9.17, 15) is 18.0 Å². The minimum absolute atomic E-state index is 0.226. The second-order valence-corrected chi connectivity index (χ2v) is 9.66. The number of aryl methyl sites for hydroxylation is 1. The second kappa shape index (κ2) is 8.41. The van der Waals surface area contributed by atoms with E-state index in [1.54, 1.807) is 48.5 Å². The number of sulfonamides is 1. The van der Waals surface area contributed by atoms with Crippen molar-refractivity contribution in [1.82, 2.24) is 9.21 Å². The number of rotatable bonds is 3. The maximum absolute atomic E-state index is 13.2. The first-order valence-corrected chi connectivity index (χ1v) is 11.6. The number of benzene rings is 2. The molecule has 31 heavy (non-hydrogen) atoms. The summed E-state index contributed by atoms with van der Waals surface area (Å²) in [5, 5.41) is 2.59.